The molecule has 7 nitrogen and oxygen atoms in total. The van der Waals surface area contributed by atoms with Gasteiger partial charge in [-0.2, -0.15) is 9.57 Å². The summed E-state index contributed by atoms with van der Waals surface area (Å²) in [6, 6.07) is 1.93. The van der Waals surface area contributed by atoms with Crippen LogP contribution < -0.4 is 0 Å². The van der Waals surface area contributed by atoms with Gasteiger partial charge in [-0.05, 0) is 5.92 Å². The van der Waals surface area contributed by atoms with Gasteiger partial charge in [0.25, 0.3) is 10.0 Å². The zero-order valence-electron chi connectivity index (χ0n) is 12.1. The van der Waals surface area contributed by atoms with Gasteiger partial charge in [-0.1, -0.05) is 13.8 Å². The maximum absolute atomic E-state index is 12.7. The van der Waals surface area contributed by atoms with Crippen LogP contribution in [-0.4, -0.2) is 43.9 Å². The van der Waals surface area contributed by atoms with Crippen molar-refractivity contribution in [2.75, 3.05) is 20.2 Å². The fourth-order valence-electron chi connectivity index (χ4n) is 1.66. The second-order valence-electron chi connectivity index (χ2n) is 4.65. The van der Waals surface area contributed by atoms with Gasteiger partial charge in [0.05, 0.1) is 18.7 Å². The van der Waals surface area contributed by atoms with Crippen molar-refractivity contribution in [1.29, 1.82) is 5.26 Å². The van der Waals surface area contributed by atoms with Crippen molar-refractivity contribution in [3.8, 4) is 6.07 Å². The van der Waals surface area contributed by atoms with Crippen LogP contribution in [0, 0.1) is 17.2 Å². The van der Waals surface area contributed by atoms with E-state index in [-0.39, 0.29) is 35.3 Å². The predicted octanol–water partition coefficient (Wildman–Crippen LogP) is 1.49. The monoisotopic (exact) mass is 331 g/mol. The summed E-state index contributed by atoms with van der Waals surface area (Å²) >= 11 is 0.865. The lowest BCUT2D eigenvalue weighted by molar-refractivity contribution is 0.0590. The van der Waals surface area contributed by atoms with Crippen LogP contribution in [0.25, 0.3) is 0 Å². The molecular weight excluding hydrogens is 314 g/mol. The highest BCUT2D eigenvalue weighted by Gasteiger charge is 2.32. The van der Waals surface area contributed by atoms with Crippen molar-refractivity contribution in [2.24, 2.45) is 5.92 Å². The van der Waals surface area contributed by atoms with Gasteiger partial charge < -0.3 is 4.74 Å². The van der Waals surface area contributed by atoms with Crippen LogP contribution >= 0.6 is 11.3 Å². The molecule has 21 heavy (non-hydrogen) atoms. The number of hydrogen-bond acceptors (Lipinski definition) is 7. The predicted molar refractivity (Wildman–Crippen MR) is 77.3 cm³/mol. The van der Waals surface area contributed by atoms with E-state index in [2.05, 4.69) is 9.72 Å². The fraction of sp³-hybridized carbons (Fsp3) is 0.583. The number of nitrogens with zero attached hydrogens (tertiary/aromatic N) is 3. The summed E-state index contributed by atoms with van der Waals surface area (Å²) in [6.07, 6.45) is 0.0817. The number of carbonyl (C=O) groups excluding carboxylic acids is 1. The van der Waals surface area contributed by atoms with E-state index in [0.717, 1.165) is 11.3 Å². The quantitative estimate of drug-likeness (QED) is 0.702. The Balaban J connectivity index is 3.20. The van der Waals surface area contributed by atoms with Gasteiger partial charge in [-0.3, -0.25) is 0 Å². The third kappa shape index (κ3) is 4.23. The van der Waals surface area contributed by atoms with Gasteiger partial charge in [-0.15, -0.1) is 11.3 Å². The van der Waals surface area contributed by atoms with Gasteiger partial charge >= 0.3 is 5.97 Å². The van der Waals surface area contributed by atoms with Crippen molar-refractivity contribution in [3.05, 3.63) is 11.2 Å². The molecule has 0 aliphatic rings. The molecule has 0 aliphatic carbocycles. The summed E-state index contributed by atoms with van der Waals surface area (Å²) < 4.78 is 30.9. The van der Waals surface area contributed by atoms with E-state index >= 15 is 0 Å². The number of esters is 1. The summed E-state index contributed by atoms with van der Waals surface area (Å²) in [5.74, 6) is -0.701. The normalized spacial score (nSPS) is 11.6. The minimum atomic E-state index is -3.87. The highest BCUT2D eigenvalue weighted by molar-refractivity contribution is 7.91. The van der Waals surface area contributed by atoms with E-state index < -0.39 is 16.0 Å². The number of rotatable bonds is 7. The van der Waals surface area contributed by atoms with Crippen LogP contribution in [-0.2, 0) is 14.8 Å². The zero-order valence-corrected chi connectivity index (χ0v) is 13.7. The Bertz CT molecular complexity index is 631. The first-order chi connectivity index (χ1) is 9.84. The van der Waals surface area contributed by atoms with Gasteiger partial charge in [0.1, 0.15) is 0 Å². The Kier molecular flexibility index (Phi) is 6.26. The summed E-state index contributed by atoms with van der Waals surface area (Å²) in [4.78, 5) is 15.4. The summed E-state index contributed by atoms with van der Waals surface area (Å²) in [6.45, 7) is 4.10. The van der Waals surface area contributed by atoms with Crippen molar-refractivity contribution >= 4 is 27.3 Å². The fourth-order valence-corrected chi connectivity index (χ4v) is 4.53. The summed E-state index contributed by atoms with van der Waals surface area (Å²) in [5, 5.41) is 8.67. The third-order valence-electron chi connectivity index (χ3n) is 2.53. The van der Waals surface area contributed by atoms with E-state index in [9.17, 15) is 13.2 Å². The first-order valence-corrected chi connectivity index (χ1v) is 8.55. The molecule has 0 unspecified atom stereocenters. The van der Waals surface area contributed by atoms with Crippen molar-refractivity contribution in [2.45, 2.75) is 24.5 Å². The highest BCUT2D eigenvalue weighted by Crippen LogP contribution is 2.25. The van der Waals surface area contributed by atoms with Gasteiger partial charge in [0.2, 0.25) is 0 Å². The Hall–Kier alpha value is -1.50. The van der Waals surface area contributed by atoms with Crippen molar-refractivity contribution in [1.82, 2.24) is 9.29 Å². The average molecular weight is 331 g/mol. The molecule has 0 bridgehead atoms. The van der Waals surface area contributed by atoms with Crippen LogP contribution in [0.2, 0.25) is 0 Å². The van der Waals surface area contributed by atoms with Crippen LogP contribution in [0.1, 0.15) is 30.8 Å². The molecule has 0 N–H and O–H groups in total. The molecule has 9 heteroatoms. The second kappa shape index (κ2) is 7.49. The Morgan fingerprint density at radius 3 is 2.76 bits per heavy atom. The molecule has 1 rings (SSSR count). The van der Waals surface area contributed by atoms with Crippen molar-refractivity contribution < 1.29 is 17.9 Å². The molecule has 0 fully saturated rings. The molecule has 0 amide bonds. The van der Waals surface area contributed by atoms with Crippen LogP contribution in [0.15, 0.2) is 9.72 Å². The third-order valence-corrected chi connectivity index (χ3v) is 5.74. The summed E-state index contributed by atoms with van der Waals surface area (Å²) in [5.41, 5.74) is 1.07. The molecule has 0 saturated heterocycles. The lowest BCUT2D eigenvalue weighted by Gasteiger charge is -2.22. The smallest absolute Gasteiger partial charge is 0.358 e. The van der Waals surface area contributed by atoms with Gasteiger partial charge in [-0.25, -0.2) is 18.2 Å². The Labute approximate surface area is 128 Å². The van der Waals surface area contributed by atoms with E-state index in [1.54, 1.807) is 0 Å². The first-order valence-electron chi connectivity index (χ1n) is 6.23. The lowest BCUT2D eigenvalue weighted by atomic mass is 10.2. The topological polar surface area (TPSA) is 100 Å². The van der Waals surface area contributed by atoms with Gasteiger partial charge in [0.15, 0.2) is 9.90 Å². The molecule has 116 valence electrons. The molecule has 0 spiro atoms. The number of carbonyl (C=O) groups is 1. The minimum Gasteiger partial charge on any atom is -0.464 e. The Morgan fingerprint density at radius 1 is 1.57 bits per heavy atom. The van der Waals surface area contributed by atoms with Crippen LogP contribution in [0.3, 0.4) is 0 Å². The van der Waals surface area contributed by atoms with Crippen LogP contribution in [0.4, 0.5) is 0 Å². The minimum absolute atomic E-state index is 0.0789. The molecular formula is C12H17N3O4S2. The highest BCUT2D eigenvalue weighted by atomic mass is 32.2. The molecule has 1 heterocycles. The molecule has 1 aromatic rings. The zero-order chi connectivity index (χ0) is 16.0. The maximum atomic E-state index is 12.7. The standard InChI is InChI=1S/C12H17N3O4S2/c1-9(2)7-15(6-4-5-13)21(17,18)12-10(11(16)19-3)14-8-20-12/h8-9H,4,6-7H2,1-3H3. The second-order valence-corrected chi connectivity index (χ2v) is 7.63. The van der Waals surface area contributed by atoms with Gasteiger partial charge in [0, 0.05) is 19.5 Å². The number of aromatic nitrogens is 1. The van der Waals surface area contributed by atoms with E-state index in [4.69, 9.17) is 5.26 Å². The Morgan fingerprint density at radius 2 is 2.24 bits per heavy atom. The molecule has 0 saturated carbocycles. The molecule has 0 radical (unpaired) electrons. The van der Waals surface area contributed by atoms with E-state index in [0.29, 0.717) is 0 Å². The number of hydrogen-bond donors (Lipinski definition) is 0. The van der Waals surface area contributed by atoms with Crippen molar-refractivity contribution in [3.63, 3.8) is 0 Å². The molecule has 0 aromatic carbocycles. The largest absolute Gasteiger partial charge is 0.464 e. The molecule has 0 aliphatic heterocycles. The van der Waals surface area contributed by atoms with Crippen LogP contribution in [0.5, 0.6) is 0 Å². The average Bonchev–Trinajstić information content (AvgIpc) is 2.92. The lowest BCUT2D eigenvalue weighted by Crippen LogP contribution is -2.35. The summed E-state index contributed by atoms with van der Waals surface area (Å²) in [7, 11) is -2.71. The number of ether oxygens (including phenoxy) is 1. The number of thiazole rings is 1. The molecule has 0 atom stereocenters. The number of sulfonamides is 1. The van der Waals surface area contributed by atoms with E-state index in [1.807, 2.05) is 19.9 Å². The maximum Gasteiger partial charge on any atom is 0.358 e. The first kappa shape index (κ1) is 17.6. The SMILES string of the molecule is COC(=O)c1ncsc1S(=O)(=O)N(CCC#N)CC(C)C. The number of methoxy groups -OCH3 is 1. The van der Waals surface area contributed by atoms with E-state index in [1.165, 1.54) is 16.9 Å². The number of nitriles is 1. The molecule has 1 aromatic heterocycles.